The van der Waals surface area contributed by atoms with Crippen molar-refractivity contribution in [2.75, 3.05) is 13.7 Å². The van der Waals surface area contributed by atoms with Gasteiger partial charge in [-0.05, 0) is 42.3 Å². The van der Waals surface area contributed by atoms with Crippen LogP contribution >= 0.6 is 35.0 Å². The van der Waals surface area contributed by atoms with E-state index in [4.69, 9.17) is 32.9 Å². The minimum absolute atomic E-state index is 0.633. The molecule has 0 aliphatic rings. The number of ether oxygens (including phenoxy) is 1. The molecule has 0 aliphatic carbocycles. The summed E-state index contributed by atoms with van der Waals surface area (Å²) in [6.45, 7) is 1.37. The van der Waals surface area contributed by atoms with Gasteiger partial charge in [0.25, 0.3) is 0 Å². The molecule has 5 aromatic rings. The van der Waals surface area contributed by atoms with Gasteiger partial charge in [-0.25, -0.2) is 4.98 Å². The van der Waals surface area contributed by atoms with E-state index < -0.39 is 0 Å². The summed E-state index contributed by atoms with van der Waals surface area (Å²) in [5, 5.41) is 12.5. The number of hydrogen-bond donors (Lipinski definition) is 0. The van der Waals surface area contributed by atoms with Crippen LogP contribution in [-0.2, 0) is 17.0 Å². The summed E-state index contributed by atoms with van der Waals surface area (Å²) in [6, 6.07) is 26.0. The maximum Gasteiger partial charge on any atom is 0.191 e. The first kappa shape index (κ1) is 24.8. The summed E-state index contributed by atoms with van der Waals surface area (Å²) in [5.74, 6) is 1.44. The Morgan fingerprint density at radius 2 is 1.72 bits per heavy atom. The van der Waals surface area contributed by atoms with Crippen molar-refractivity contribution in [3.63, 3.8) is 0 Å². The molecular weight excluding hydrogens is 511 g/mol. The van der Waals surface area contributed by atoms with Crippen molar-refractivity contribution in [2.24, 2.45) is 0 Å². The van der Waals surface area contributed by atoms with Crippen LogP contribution in [0.4, 0.5) is 0 Å². The van der Waals surface area contributed by atoms with Gasteiger partial charge in [-0.2, -0.15) is 0 Å². The average Bonchev–Trinajstić information content (AvgIpc) is 3.31. The Morgan fingerprint density at radius 1 is 0.917 bits per heavy atom. The van der Waals surface area contributed by atoms with Crippen LogP contribution in [0.5, 0.6) is 0 Å². The number of aromatic nitrogens is 4. The van der Waals surface area contributed by atoms with Crippen LogP contribution in [0.25, 0.3) is 33.5 Å². The topological polar surface area (TPSA) is 52.8 Å². The van der Waals surface area contributed by atoms with Crippen LogP contribution < -0.4 is 0 Å². The van der Waals surface area contributed by atoms with Crippen LogP contribution in [0.15, 0.2) is 84.0 Å². The van der Waals surface area contributed by atoms with Gasteiger partial charge in [0.15, 0.2) is 11.0 Å². The fourth-order valence-corrected chi connectivity index (χ4v) is 5.49. The molecule has 2 aromatic heterocycles. The lowest BCUT2D eigenvalue weighted by Crippen LogP contribution is -2.06. The molecule has 0 saturated heterocycles. The van der Waals surface area contributed by atoms with E-state index in [1.807, 2.05) is 48.5 Å². The standard InChI is InChI=1S/C28H24Cl2N4OS/c1-35-15-7-14-34-27(32-33-28(34)36-18-20-16-21(29)12-13-24(20)30)23-17-26(19-8-3-2-4-9-19)31-25-11-6-5-10-22(23)25/h2-6,8-13,16-17H,7,14-15,18H2,1H3. The Hall–Kier alpha value is -2.90. The molecule has 5 rings (SSSR count). The number of benzene rings is 3. The molecule has 0 atom stereocenters. The lowest BCUT2D eigenvalue weighted by atomic mass is 10.0. The molecule has 0 radical (unpaired) electrons. The number of para-hydroxylation sites is 1. The quantitative estimate of drug-likeness (QED) is 0.142. The van der Waals surface area contributed by atoms with E-state index in [0.717, 1.165) is 57.2 Å². The molecule has 0 amide bonds. The van der Waals surface area contributed by atoms with Crippen molar-refractivity contribution in [1.82, 2.24) is 19.7 Å². The zero-order valence-corrected chi connectivity index (χ0v) is 22.0. The molecule has 36 heavy (non-hydrogen) atoms. The third kappa shape index (κ3) is 5.42. The molecule has 8 heteroatoms. The first-order valence-corrected chi connectivity index (χ1v) is 13.3. The predicted molar refractivity (Wildman–Crippen MR) is 149 cm³/mol. The van der Waals surface area contributed by atoms with Crippen LogP contribution in [-0.4, -0.2) is 33.5 Å². The van der Waals surface area contributed by atoms with Crippen LogP contribution in [0, 0.1) is 0 Å². The molecule has 0 unspecified atom stereocenters. The second kappa shape index (κ2) is 11.4. The normalized spacial score (nSPS) is 11.3. The van der Waals surface area contributed by atoms with E-state index in [2.05, 4.69) is 39.0 Å². The molecule has 2 heterocycles. The lowest BCUT2D eigenvalue weighted by Gasteiger charge is -2.13. The van der Waals surface area contributed by atoms with Crippen LogP contribution in [0.3, 0.4) is 0 Å². The SMILES string of the molecule is COCCCn1c(SCc2cc(Cl)ccc2Cl)nnc1-c1cc(-c2ccccc2)nc2ccccc12. The molecule has 3 aromatic carbocycles. The third-order valence-corrected chi connectivity index (χ3v) is 7.46. The molecule has 0 saturated carbocycles. The lowest BCUT2D eigenvalue weighted by molar-refractivity contribution is 0.189. The molecule has 0 fully saturated rings. The Kier molecular flexibility index (Phi) is 7.87. The van der Waals surface area contributed by atoms with Crippen molar-refractivity contribution in [2.45, 2.75) is 23.9 Å². The highest BCUT2D eigenvalue weighted by Gasteiger charge is 2.19. The van der Waals surface area contributed by atoms with Gasteiger partial charge in [0.1, 0.15) is 0 Å². The second-order valence-corrected chi connectivity index (χ2v) is 10.1. The predicted octanol–water partition coefficient (Wildman–Crippen LogP) is 7.80. The van der Waals surface area contributed by atoms with Crippen molar-refractivity contribution in [3.05, 3.63) is 94.5 Å². The summed E-state index contributed by atoms with van der Waals surface area (Å²) < 4.78 is 7.49. The summed E-state index contributed by atoms with van der Waals surface area (Å²) in [5.41, 5.74) is 4.83. The summed E-state index contributed by atoms with van der Waals surface area (Å²) in [6.07, 6.45) is 0.835. The first-order valence-electron chi connectivity index (χ1n) is 11.6. The Morgan fingerprint density at radius 3 is 2.56 bits per heavy atom. The monoisotopic (exact) mass is 534 g/mol. The molecule has 0 bridgehead atoms. The van der Waals surface area contributed by atoms with Crippen LogP contribution in [0.2, 0.25) is 10.0 Å². The third-order valence-electron chi connectivity index (χ3n) is 5.84. The van der Waals surface area contributed by atoms with Crippen molar-refractivity contribution in [1.29, 1.82) is 0 Å². The summed E-state index contributed by atoms with van der Waals surface area (Å²) >= 11 is 14.2. The number of nitrogens with zero attached hydrogens (tertiary/aromatic N) is 4. The number of hydrogen-bond acceptors (Lipinski definition) is 5. The molecule has 5 nitrogen and oxygen atoms in total. The van der Waals surface area contributed by atoms with Gasteiger partial charge in [0.05, 0.1) is 11.2 Å². The molecule has 0 aliphatic heterocycles. The molecule has 0 N–H and O–H groups in total. The van der Waals surface area contributed by atoms with Crippen molar-refractivity contribution in [3.8, 4) is 22.6 Å². The van der Waals surface area contributed by atoms with E-state index in [0.29, 0.717) is 22.4 Å². The molecule has 0 spiro atoms. The Labute approximate surface area is 224 Å². The highest BCUT2D eigenvalue weighted by atomic mass is 35.5. The van der Waals surface area contributed by atoms with E-state index in [9.17, 15) is 0 Å². The largest absolute Gasteiger partial charge is 0.385 e. The van der Waals surface area contributed by atoms with Gasteiger partial charge >= 0.3 is 0 Å². The minimum atomic E-state index is 0.633. The maximum atomic E-state index is 6.41. The average molecular weight is 536 g/mol. The highest BCUT2D eigenvalue weighted by Crippen LogP contribution is 2.34. The van der Waals surface area contributed by atoms with Gasteiger partial charge in [-0.15, -0.1) is 10.2 Å². The van der Waals surface area contributed by atoms with E-state index in [-0.39, 0.29) is 0 Å². The Bertz CT molecular complexity index is 1490. The fraction of sp³-hybridized carbons (Fsp3) is 0.179. The number of halogens is 2. The smallest absolute Gasteiger partial charge is 0.191 e. The zero-order valence-electron chi connectivity index (χ0n) is 19.7. The Balaban J connectivity index is 1.58. The van der Waals surface area contributed by atoms with E-state index >= 15 is 0 Å². The summed E-state index contributed by atoms with van der Waals surface area (Å²) in [7, 11) is 1.71. The van der Waals surface area contributed by atoms with Gasteiger partial charge in [0.2, 0.25) is 0 Å². The molecular formula is C28H24Cl2N4OS. The van der Waals surface area contributed by atoms with E-state index in [1.54, 1.807) is 24.9 Å². The number of rotatable bonds is 9. The van der Waals surface area contributed by atoms with Gasteiger partial charge in [0, 0.05) is 52.6 Å². The zero-order chi connectivity index (χ0) is 24.9. The second-order valence-electron chi connectivity index (χ2n) is 8.27. The van der Waals surface area contributed by atoms with Gasteiger partial charge in [-0.3, -0.25) is 0 Å². The number of methoxy groups -OCH3 is 1. The van der Waals surface area contributed by atoms with E-state index in [1.165, 1.54) is 0 Å². The summed E-state index contributed by atoms with van der Waals surface area (Å²) in [4.78, 5) is 4.93. The fourth-order valence-electron chi connectivity index (χ4n) is 4.08. The van der Waals surface area contributed by atoms with Gasteiger partial charge in [-0.1, -0.05) is 83.5 Å². The van der Waals surface area contributed by atoms with Crippen LogP contribution in [0.1, 0.15) is 12.0 Å². The molecule has 182 valence electrons. The minimum Gasteiger partial charge on any atom is -0.385 e. The van der Waals surface area contributed by atoms with Crippen molar-refractivity contribution >= 4 is 45.9 Å². The van der Waals surface area contributed by atoms with Gasteiger partial charge < -0.3 is 9.30 Å². The first-order chi connectivity index (χ1) is 17.6. The maximum absolute atomic E-state index is 6.41. The number of thioether (sulfide) groups is 1. The van der Waals surface area contributed by atoms with Crippen molar-refractivity contribution < 1.29 is 4.74 Å². The number of fused-ring (bicyclic) bond motifs is 1. The number of pyridine rings is 1. The highest BCUT2D eigenvalue weighted by molar-refractivity contribution is 7.98.